The standard InChI is InChI=1S/C20H22O5/c1-4-8-23-20(22)16-6-5-7-17(12-16)25-19(21)13-24-18-10-14(2)9-15(3)11-18/h5-7,9-12H,4,8,13H2,1-3H3. The Morgan fingerprint density at radius 2 is 1.68 bits per heavy atom. The molecule has 0 N–H and O–H groups in total. The molecule has 0 aliphatic heterocycles. The van der Waals surface area contributed by atoms with Crippen molar-refractivity contribution in [1.29, 1.82) is 0 Å². The van der Waals surface area contributed by atoms with E-state index in [4.69, 9.17) is 14.2 Å². The normalized spacial score (nSPS) is 10.2. The van der Waals surface area contributed by atoms with Gasteiger partial charge >= 0.3 is 11.9 Å². The molecule has 0 unspecified atom stereocenters. The van der Waals surface area contributed by atoms with Gasteiger partial charge in [-0.3, -0.25) is 0 Å². The molecular weight excluding hydrogens is 320 g/mol. The molecule has 0 aliphatic rings. The highest BCUT2D eigenvalue weighted by Crippen LogP contribution is 2.17. The van der Waals surface area contributed by atoms with Gasteiger partial charge in [0, 0.05) is 0 Å². The number of rotatable bonds is 7. The van der Waals surface area contributed by atoms with E-state index in [2.05, 4.69) is 0 Å². The summed E-state index contributed by atoms with van der Waals surface area (Å²) < 4.78 is 15.7. The van der Waals surface area contributed by atoms with Gasteiger partial charge in [-0.1, -0.05) is 19.1 Å². The van der Waals surface area contributed by atoms with Crippen molar-refractivity contribution in [2.75, 3.05) is 13.2 Å². The summed E-state index contributed by atoms with van der Waals surface area (Å²) in [6, 6.07) is 12.1. The minimum absolute atomic E-state index is 0.215. The van der Waals surface area contributed by atoms with Crippen molar-refractivity contribution in [2.24, 2.45) is 0 Å². The number of esters is 2. The first-order chi connectivity index (χ1) is 12.0. The van der Waals surface area contributed by atoms with Crippen molar-refractivity contribution < 1.29 is 23.8 Å². The zero-order valence-corrected chi connectivity index (χ0v) is 14.7. The summed E-state index contributed by atoms with van der Waals surface area (Å²) >= 11 is 0. The van der Waals surface area contributed by atoms with Crippen LogP contribution in [-0.2, 0) is 9.53 Å². The molecule has 0 aromatic heterocycles. The first-order valence-corrected chi connectivity index (χ1v) is 8.17. The number of aryl methyl sites for hydroxylation is 2. The Morgan fingerprint density at radius 3 is 2.36 bits per heavy atom. The molecule has 0 atom stereocenters. The van der Waals surface area contributed by atoms with Gasteiger partial charge in [0.25, 0.3) is 0 Å². The van der Waals surface area contributed by atoms with Crippen LogP contribution in [-0.4, -0.2) is 25.2 Å². The van der Waals surface area contributed by atoms with Crippen molar-refractivity contribution in [3.8, 4) is 11.5 Å². The van der Waals surface area contributed by atoms with Gasteiger partial charge in [-0.25, -0.2) is 9.59 Å². The van der Waals surface area contributed by atoms with Crippen LogP contribution in [0.3, 0.4) is 0 Å². The number of hydrogen-bond donors (Lipinski definition) is 0. The molecule has 2 aromatic rings. The summed E-state index contributed by atoms with van der Waals surface area (Å²) in [5, 5.41) is 0. The Kier molecular flexibility index (Phi) is 6.57. The summed E-state index contributed by atoms with van der Waals surface area (Å²) in [7, 11) is 0. The minimum atomic E-state index is -0.543. The van der Waals surface area contributed by atoms with Crippen LogP contribution < -0.4 is 9.47 Å². The lowest BCUT2D eigenvalue weighted by Gasteiger charge is -2.09. The molecule has 5 heteroatoms. The van der Waals surface area contributed by atoms with E-state index in [1.807, 2.05) is 39.0 Å². The molecule has 0 aliphatic carbocycles. The first-order valence-electron chi connectivity index (χ1n) is 8.17. The molecule has 0 fully saturated rings. The SMILES string of the molecule is CCCOC(=O)c1cccc(OC(=O)COc2cc(C)cc(C)c2)c1. The van der Waals surface area contributed by atoms with Gasteiger partial charge in [-0.2, -0.15) is 0 Å². The smallest absolute Gasteiger partial charge is 0.349 e. The maximum atomic E-state index is 11.9. The quantitative estimate of drug-likeness (QED) is 0.565. The van der Waals surface area contributed by atoms with Crippen LogP contribution >= 0.6 is 0 Å². The Labute approximate surface area is 147 Å². The lowest BCUT2D eigenvalue weighted by atomic mass is 10.1. The van der Waals surface area contributed by atoms with Crippen molar-refractivity contribution in [3.63, 3.8) is 0 Å². The van der Waals surface area contributed by atoms with Crippen molar-refractivity contribution in [1.82, 2.24) is 0 Å². The van der Waals surface area contributed by atoms with E-state index in [9.17, 15) is 9.59 Å². The first kappa shape index (κ1) is 18.5. The van der Waals surface area contributed by atoms with Crippen LogP contribution in [0.25, 0.3) is 0 Å². The molecule has 2 rings (SSSR count). The minimum Gasteiger partial charge on any atom is -0.482 e. The summed E-state index contributed by atoms with van der Waals surface area (Å²) in [5.41, 5.74) is 2.46. The fraction of sp³-hybridized carbons (Fsp3) is 0.300. The Bertz CT molecular complexity index is 731. The summed E-state index contributed by atoms with van der Waals surface area (Å²) in [6.45, 7) is 5.98. The largest absolute Gasteiger partial charge is 0.482 e. The van der Waals surface area contributed by atoms with Crippen molar-refractivity contribution in [2.45, 2.75) is 27.2 Å². The van der Waals surface area contributed by atoms with Gasteiger partial charge in [-0.05, 0) is 61.7 Å². The zero-order valence-electron chi connectivity index (χ0n) is 14.7. The van der Waals surface area contributed by atoms with Gasteiger partial charge in [0.15, 0.2) is 6.61 Å². The summed E-state index contributed by atoms with van der Waals surface area (Å²) in [6.07, 6.45) is 0.746. The summed E-state index contributed by atoms with van der Waals surface area (Å²) in [4.78, 5) is 23.8. The Morgan fingerprint density at radius 1 is 0.960 bits per heavy atom. The lowest BCUT2D eigenvalue weighted by Crippen LogP contribution is -2.18. The predicted octanol–water partition coefficient (Wildman–Crippen LogP) is 3.85. The second-order valence-corrected chi connectivity index (χ2v) is 5.75. The van der Waals surface area contributed by atoms with E-state index >= 15 is 0 Å². The Hall–Kier alpha value is -2.82. The molecule has 5 nitrogen and oxygen atoms in total. The lowest BCUT2D eigenvalue weighted by molar-refractivity contribution is -0.136. The van der Waals surface area contributed by atoms with E-state index in [0.717, 1.165) is 17.5 Å². The van der Waals surface area contributed by atoms with Gasteiger partial charge in [0.1, 0.15) is 11.5 Å². The number of carbonyl (C=O) groups excluding carboxylic acids is 2. The Balaban J connectivity index is 1.92. The van der Waals surface area contributed by atoms with Crippen LogP contribution in [0.4, 0.5) is 0 Å². The fourth-order valence-electron chi connectivity index (χ4n) is 2.28. The highest BCUT2D eigenvalue weighted by molar-refractivity contribution is 5.90. The molecule has 0 amide bonds. The highest BCUT2D eigenvalue weighted by Gasteiger charge is 2.11. The number of benzene rings is 2. The van der Waals surface area contributed by atoms with Gasteiger partial charge in [-0.15, -0.1) is 0 Å². The fourth-order valence-corrected chi connectivity index (χ4v) is 2.28. The molecular formula is C20H22O5. The van der Waals surface area contributed by atoms with Gasteiger partial charge in [0.2, 0.25) is 0 Å². The molecule has 0 bridgehead atoms. The van der Waals surface area contributed by atoms with E-state index in [1.54, 1.807) is 18.2 Å². The molecule has 0 saturated heterocycles. The molecule has 0 heterocycles. The van der Waals surface area contributed by atoms with E-state index in [1.165, 1.54) is 6.07 Å². The highest BCUT2D eigenvalue weighted by atomic mass is 16.6. The van der Waals surface area contributed by atoms with Crippen molar-refractivity contribution in [3.05, 3.63) is 59.2 Å². The van der Waals surface area contributed by atoms with Crippen LogP contribution in [0.2, 0.25) is 0 Å². The van der Waals surface area contributed by atoms with Crippen molar-refractivity contribution >= 4 is 11.9 Å². The second kappa shape index (κ2) is 8.87. The topological polar surface area (TPSA) is 61.8 Å². The van der Waals surface area contributed by atoms with Gasteiger partial charge in [0.05, 0.1) is 12.2 Å². The van der Waals surface area contributed by atoms with Crippen LogP contribution in [0.5, 0.6) is 11.5 Å². The maximum Gasteiger partial charge on any atom is 0.349 e. The third-order valence-electron chi connectivity index (χ3n) is 3.29. The number of carbonyl (C=O) groups is 2. The zero-order chi connectivity index (χ0) is 18.2. The molecule has 25 heavy (non-hydrogen) atoms. The van der Waals surface area contributed by atoms with E-state index < -0.39 is 11.9 Å². The van der Waals surface area contributed by atoms with Crippen LogP contribution in [0.1, 0.15) is 34.8 Å². The number of ether oxygens (including phenoxy) is 3. The maximum absolute atomic E-state index is 11.9. The molecule has 132 valence electrons. The summed E-state index contributed by atoms with van der Waals surface area (Å²) in [5.74, 6) is -0.0872. The third kappa shape index (κ3) is 5.95. The average molecular weight is 342 g/mol. The molecule has 0 spiro atoms. The second-order valence-electron chi connectivity index (χ2n) is 5.75. The average Bonchev–Trinajstić information content (AvgIpc) is 2.57. The molecule has 0 saturated carbocycles. The number of hydrogen-bond acceptors (Lipinski definition) is 5. The third-order valence-corrected chi connectivity index (χ3v) is 3.29. The predicted molar refractivity (Wildman–Crippen MR) is 94.1 cm³/mol. The van der Waals surface area contributed by atoms with E-state index in [0.29, 0.717) is 17.9 Å². The van der Waals surface area contributed by atoms with Gasteiger partial charge < -0.3 is 14.2 Å². The van der Waals surface area contributed by atoms with Crippen LogP contribution in [0, 0.1) is 13.8 Å². The van der Waals surface area contributed by atoms with Crippen LogP contribution in [0.15, 0.2) is 42.5 Å². The molecule has 2 aromatic carbocycles. The van der Waals surface area contributed by atoms with E-state index in [-0.39, 0.29) is 12.4 Å². The molecule has 0 radical (unpaired) electrons. The monoisotopic (exact) mass is 342 g/mol.